The van der Waals surface area contributed by atoms with Crippen molar-refractivity contribution in [2.24, 2.45) is 17.3 Å². The first kappa shape index (κ1) is 31.8. The van der Waals surface area contributed by atoms with Crippen LogP contribution in [0.3, 0.4) is 0 Å². The molecule has 2 saturated carbocycles. The van der Waals surface area contributed by atoms with Gasteiger partial charge in [-0.3, -0.25) is 23.7 Å². The second-order valence-electron chi connectivity index (χ2n) is 14.3. The first-order chi connectivity index (χ1) is 21.3. The highest BCUT2D eigenvalue weighted by Gasteiger charge is 2.62. The van der Waals surface area contributed by atoms with Crippen molar-refractivity contribution in [3.05, 3.63) is 36.4 Å². The van der Waals surface area contributed by atoms with E-state index in [1.165, 1.54) is 0 Å². The molecule has 0 spiro atoms. The lowest BCUT2D eigenvalue weighted by molar-refractivity contribution is -0.141. The first-order valence-electron chi connectivity index (χ1n) is 16.6. The average molecular weight is 639 g/mol. The highest BCUT2D eigenvalue weighted by Crippen LogP contribution is 2.57. The summed E-state index contributed by atoms with van der Waals surface area (Å²) in [6.07, 6.45) is 9.61. The van der Waals surface area contributed by atoms with E-state index in [1.807, 2.05) is 41.8 Å². The van der Waals surface area contributed by atoms with Gasteiger partial charge in [0, 0.05) is 24.8 Å². The van der Waals surface area contributed by atoms with Crippen molar-refractivity contribution in [3.63, 3.8) is 0 Å². The number of nitrogens with one attached hydrogen (secondary N) is 1. The van der Waals surface area contributed by atoms with Crippen LogP contribution in [0, 0.1) is 17.3 Å². The van der Waals surface area contributed by atoms with Crippen LogP contribution in [0.2, 0.25) is 0 Å². The third-order valence-electron chi connectivity index (χ3n) is 10.5. The number of carbonyl (C=O) groups is 3. The van der Waals surface area contributed by atoms with Crippen LogP contribution >= 0.6 is 0 Å². The van der Waals surface area contributed by atoms with Crippen LogP contribution < -0.4 is 9.46 Å². The summed E-state index contributed by atoms with van der Waals surface area (Å²) in [6, 6.07) is 7.58. The van der Waals surface area contributed by atoms with E-state index in [-0.39, 0.29) is 49.0 Å². The van der Waals surface area contributed by atoms with Crippen molar-refractivity contribution >= 4 is 38.7 Å². The molecule has 2 amide bonds. The van der Waals surface area contributed by atoms with Gasteiger partial charge in [-0.2, -0.15) is 4.98 Å². The molecule has 244 valence electrons. The zero-order chi connectivity index (χ0) is 32.1. The maximum atomic E-state index is 14.2. The first-order valence-corrected chi connectivity index (χ1v) is 18.0. The highest BCUT2D eigenvalue weighted by atomic mass is 32.2. The van der Waals surface area contributed by atoms with Gasteiger partial charge in [-0.1, -0.05) is 44.1 Å². The molecule has 1 saturated heterocycles. The predicted molar refractivity (Wildman–Crippen MR) is 171 cm³/mol. The number of ketones is 1. The molecule has 6 rings (SSSR count). The summed E-state index contributed by atoms with van der Waals surface area (Å²) < 4.78 is 36.0. The molecule has 11 heteroatoms. The van der Waals surface area contributed by atoms with Gasteiger partial charge in [-0.25, -0.2) is 8.42 Å². The lowest BCUT2D eigenvalue weighted by atomic mass is 9.91. The van der Waals surface area contributed by atoms with E-state index in [0.717, 1.165) is 43.1 Å². The van der Waals surface area contributed by atoms with Gasteiger partial charge < -0.3 is 9.64 Å². The highest BCUT2D eigenvalue weighted by molar-refractivity contribution is 7.91. The molecule has 3 heterocycles. The van der Waals surface area contributed by atoms with Crippen molar-refractivity contribution < 1.29 is 27.5 Å². The van der Waals surface area contributed by atoms with Crippen LogP contribution in [0.4, 0.5) is 0 Å². The predicted octanol–water partition coefficient (Wildman–Crippen LogP) is 5.09. The molecule has 0 bridgehead atoms. The molecule has 1 N–H and O–H groups in total. The Morgan fingerprint density at radius 3 is 2.62 bits per heavy atom. The third-order valence-corrected chi connectivity index (χ3v) is 12.6. The smallest absolute Gasteiger partial charge is 0.297 e. The number of amides is 2. The Kier molecular flexibility index (Phi) is 8.37. The number of Topliss-reactive ketones (excluding diaryl/α,β-unsaturated/α-hetero) is 1. The number of rotatable bonds is 6. The largest absolute Gasteiger partial charge is 0.459 e. The molecule has 4 aliphatic rings. The summed E-state index contributed by atoms with van der Waals surface area (Å²) in [5.41, 5.74) is 0.620. The number of para-hydroxylation sites is 2. The van der Waals surface area contributed by atoms with E-state index in [9.17, 15) is 22.8 Å². The zero-order valence-electron chi connectivity index (χ0n) is 26.8. The van der Waals surface area contributed by atoms with Crippen molar-refractivity contribution in [3.8, 4) is 6.01 Å². The van der Waals surface area contributed by atoms with Gasteiger partial charge >= 0.3 is 0 Å². The second-order valence-corrected chi connectivity index (χ2v) is 16.5. The molecule has 45 heavy (non-hydrogen) atoms. The molecular weight excluding hydrogens is 592 g/mol. The van der Waals surface area contributed by atoms with E-state index in [1.54, 1.807) is 11.8 Å². The molecule has 2 aliphatic carbocycles. The number of carbonyl (C=O) groups excluding carboxylic acids is 3. The molecule has 5 atom stereocenters. The molecule has 10 nitrogen and oxygen atoms in total. The summed E-state index contributed by atoms with van der Waals surface area (Å²) >= 11 is 0. The van der Waals surface area contributed by atoms with Crippen molar-refractivity contribution in [2.75, 3.05) is 6.54 Å². The van der Waals surface area contributed by atoms with Gasteiger partial charge in [0.1, 0.15) is 6.10 Å². The Morgan fingerprint density at radius 2 is 1.89 bits per heavy atom. The van der Waals surface area contributed by atoms with Crippen molar-refractivity contribution in [1.29, 1.82) is 0 Å². The van der Waals surface area contributed by atoms with Crippen molar-refractivity contribution in [2.45, 2.75) is 115 Å². The molecule has 2 aromatic rings. The SMILES string of the molecule is CC(C)n1c(O[C@@H]2C[C@H]3C(=O)C[C@]4(C(=O)NS(=O)(=O)C5(C)CC5)C[C@H]4/C=C\CCCCC[C@H](C)C(=O)N3C2)nc2ccccc21. The molecule has 1 aromatic heterocycles. The van der Waals surface area contributed by atoms with Crippen LogP contribution in [-0.2, 0) is 24.4 Å². The number of benzene rings is 1. The minimum atomic E-state index is -3.86. The summed E-state index contributed by atoms with van der Waals surface area (Å²) in [5, 5.41) is 0. The van der Waals surface area contributed by atoms with Gasteiger partial charge in [-0.05, 0) is 77.3 Å². The summed E-state index contributed by atoms with van der Waals surface area (Å²) in [6.45, 7) is 7.93. The summed E-state index contributed by atoms with van der Waals surface area (Å²) in [4.78, 5) is 48.1. The maximum absolute atomic E-state index is 14.2. The number of hydrogen-bond acceptors (Lipinski definition) is 7. The Bertz CT molecular complexity index is 1630. The number of sulfonamides is 1. The average Bonchev–Trinajstić information content (AvgIpc) is 3.81. The lowest BCUT2D eigenvalue weighted by Crippen LogP contribution is -2.46. The standard InChI is InChI=1S/C34H46N4O6S/c1-22(2)38-27-15-11-10-14-26(27)35-32(38)44-25-18-28-29(39)20-34(31(41)36-45(42,43)33(4)16-17-33)19-24(34)13-9-7-5-6-8-12-23(3)30(40)37(28)21-25/h9-11,13-15,22-25,28H,5-8,12,16-21H2,1-4H3,(H,36,41)/b13-9-/t23-,24+,25+,28-,34+/m0/s1. The number of aromatic nitrogens is 2. The summed E-state index contributed by atoms with van der Waals surface area (Å²) in [7, 11) is -3.86. The van der Waals surface area contributed by atoms with E-state index >= 15 is 0 Å². The van der Waals surface area contributed by atoms with Crippen molar-refractivity contribution in [1.82, 2.24) is 19.2 Å². The quantitative estimate of drug-likeness (QED) is 0.437. The van der Waals surface area contributed by atoms with Crippen LogP contribution in [0.15, 0.2) is 36.4 Å². The molecular formula is C34H46N4O6S. The fraction of sp³-hybridized carbons (Fsp3) is 0.647. The van der Waals surface area contributed by atoms with Gasteiger partial charge in [0.15, 0.2) is 5.78 Å². The fourth-order valence-corrected chi connectivity index (χ4v) is 8.43. The van der Waals surface area contributed by atoms with Crippen LogP contribution in [-0.4, -0.2) is 63.9 Å². The van der Waals surface area contributed by atoms with Crippen LogP contribution in [0.1, 0.15) is 97.9 Å². The minimum Gasteiger partial charge on any atom is -0.459 e. The number of ether oxygens (including phenoxy) is 1. The topological polar surface area (TPSA) is 128 Å². The normalized spacial score (nSPS) is 31.1. The third kappa shape index (κ3) is 6.04. The zero-order valence-corrected chi connectivity index (χ0v) is 27.6. The number of allylic oxidation sites excluding steroid dienone is 2. The van der Waals surface area contributed by atoms with Crippen LogP contribution in [0.5, 0.6) is 6.01 Å². The molecule has 2 aliphatic heterocycles. The maximum Gasteiger partial charge on any atom is 0.297 e. The van der Waals surface area contributed by atoms with Gasteiger partial charge in [0.2, 0.25) is 21.8 Å². The van der Waals surface area contributed by atoms with E-state index in [2.05, 4.69) is 24.6 Å². The van der Waals surface area contributed by atoms with E-state index in [0.29, 0.717) is 25.3 Å². The number of imidazole rings is 1. The van der Waals surface area contributed by atoms with Gasteiger partial charge in [0.25, 0.3) is 6.01 Å². The van der Waals surface area contributed by atoms with E-state index < -0.39 is 38.2 Å². The van der Waals surface area contributed by atoms with E-state index in [4.69, 9.17) is 9.72 Å². The number of fused-ring (bicyclic) bond motifs is 3. The monoisotopic (exact) mass is 638 g/mol. The molecule has 0 radical (unpaired) electrons. The number of nitrogens with zero attached hydrogens (tertiary/aromatic N) is 3. The van der Waals surface area contributed by atoms with Gasteiger partial charge in [-0.15, -0.1) is 0 Å². The Morgan fingerprint density at radius 1 is 1.13 bits per heavy atom. The molecule has 3 fully saturated rings. The Hall–Kier alpha value is -3.21. The summed E-state index contributed by atoms with van der Waals surface area (Å²) in [5.74, 6) is -1.40. The molecule has 0 unspecified atom stereocenters. The number of hydrogen-bond donors (Lipinski definition) is 1. The fourth-order valence-electron chi connectivity index (χ4n) is 7.09. The minimum absolute atomic E-state index is 0.0787. The molecule has 1 aromatic carbocycles. The van der Waals surface area contributed by atoms with Crippen LogP contribution in [0.25, 0.3) is 11.0 Å². The Balaban J connectivity index is 1.28. The van der Waals surface area contributed by atoms with Gasteiger partial charge in [0.05, 0.1) is 33.8 Å². The lowest BCUT2D eigenvalue weighted by Gasteiger charge is -2.28. The Labute approximate surface area is 266 Å². The second kappa shape index (κ2) is 11.9.